The summed E-state index contributed by atoms with van der Waals surface area (Å²) in [6.45, 7) is 0.281. The average molecular weight is 330 g/mol. The van der Waals surface area contributed by atoms with E-state index in [-0.39, 0.29) is 17.9 Å². The van der Waals surface area contributed by atoms with Crippen LogP contribution in [0.4, 0.5) is 5.82 Å². The van der Waals surface area contributed by atoms with E-state index < -0.39 is 11.5 Å². The number of aromatic nitrogens is 2. The zero-order valence-electron chi connectivity index (χ0n) is 11.9. The van der Waals surface area contributed by atoms with Gasteiger partial charge in [0.25, 0.3) is 11.5 Å². The Morgan fingerprint density at radius 2 is 2.04 bits per heavy atom. The van der Waals surface area contributed by atoms with Gasteiger partial charge in [-0.3, -0.25) is 9.59 Å². The molecule has 0 bridgehead atoms. The highest BCUT2D eigenvalue weighted by Gasteiger charge is 2.14. The molecule has 1 N–H and O–H groups in total. The van der Waals surface area contributed by atoms with Crippen LogP contribution in [0.5, 0.6) is 0 Å². The van der Waals surface area contributed by atoms with E-state index in [0.29, 0.717) is 5.02 Å². The Balaban J connectivity index is 1.88. The third kappa shape index (κ3) is 3.32. The molecule has 23 heavy (non-hydrogen) atoms. The lowest BCUT2D eigenvalue weighted by molar-refractivity contribution is 0.102. The minimum absolute atomic E-state index is 0.0163. The van der Waals surface area contributed by atoms with Gasteiger partial charge in [0.1, 0.15) is 11.8 Å². The number of carbonyl (C=O) groups is 1. The third-order valence-corrected chi connectivity index (χ3v) is 3.61. The topological polar surface area (TPSA) is 77.1 Å². The fourth-order valence-electron chi connectivity index (χ4n) is 2.10. The SMILES string of the molecule is O=C(Nc1ccon1)c1cccn(Cc2ccccc2Cl)c1=O. The molecule has 2 aromatic heterocycles. The van der Waals surface area contributed by atoms with Gasteiger partial charge in [0.05, 0.1) is 6.54 Å². The number of nitrogens with one attached hydrogen (secondary N) is 1. The summed E-state index contributed by atoms with van der Waals surface area (Å²) in [5.41, 5.74) is 0.404. The summed E-state index contributed by atoms with van der Waals surface area (Å²) < 4.78 is 6.06. The Morgan fingerprint density at radius 3 is 2.78 bits per heavy atom. The minimum Gasteiger partial charge on any atom is -0.363 e. The molecule has 0 spiro atoms. The maximum atomic E-state index is 12.5. The summed E-state index contributed by atoms with van der Waals surface area (Å²) in [5, 5.41) is 6.64. The summed E-state index contributed by atoms with van der Waals surface area (Å²) in [4.78, 5) is 24.6. The molecule has 1 amide bonds. The second-order valence-corrected chi connectivity index (χ2v) is 5.19. The Kier molecular flexibility index (Phi) is 4.25. The van der Waals surface area contributed by atoms with Crippen molar-refractivity contribution in [3.63, 3.8) is 0 Å². The molecule has 6 nitrogen and oxygen atoms in total. The number of amides is 1. The first-order valence-corrected chi connectivity index (χ1v) is 7.17. The van der Waals surface area contributed by atoms with E-state index >= 15 is 0 Å². The molecule has 0 fully saturated rings. The number of carbonyl (C=O) groups excluding carboxylic acids is 1. The lowest BCUT2D eigenvalue weighted by atomic mass is 10.2. The van der Waals surface area contributed by atoms with Gasteiger partial charge in [-0.05, 0) is 23.8 Å². The Labute approximate surface area is 136 Å². The van der Waals surface area contributed by atoms with Crippen molar-refractivity contribution in [2.24, 2.45) is 0 Å². The number of nitrogens with zero attached hydrogens (tertiary/aromatic N) is 2. The first kappa shape index (κ1) is 15.1. The number of hydrogen-bond donors (Lipinski definition) is 1. The highest BCUT2D eigenvalue weighted by atomic mass is 35.5. The summed E-state index contributed by atoms with van der Waals surface area (Å²) in [5.74, 6) is -0.298. The Hall–Kier alpha value is -2.86. The molecule has 3 aromatic rings. The molecule has 7 heteroatoms. The van der Waals surface area contributed by atoms with E-state index in [1.54, 1.807) is 18.3 Å². The predicted octanol–water partition coefficient (Wildman–Crippen LogP) is 2.79. The van der Waals surface area contributed by atoms with Gasteiger partial charge in [-0.1, -0.05) is 35.0 Å². The summed E-state index contributed by atoms with van der Waals surface area (Å²) >= 11 is 6.11. The minimum atomic E-state index is -0.544. The van der Waals surface area contributed by atoms with Gasteiger partial charge in [-0.25, -0.2) is 0 Å². The van der Waals surface area contributed by atoms with Gasteiger partial charge in [-0.2, -0.15) is 0 Å². The molecular weight excluding hydrogens is 318 g/mol. The summed E-state index contributed by atoms with van der Waals surface area (Å²) in [7, 11) is 0. The van der Waals surface area contributed by atoms with Crippen molar-refractivity contribution in [1.29, 1.82) is 0 Å². The highest BCUT2D eigenvalue weighted by Crippen LogP contribution is 2.15. The summed E-state index contributed by atoms with van der Waals surface area (Å²) in [6, 6.07) is 11.8. The van der Waals surface area contributed by atoms with Crippen molar-refractivity contribution in [3.05, 3.63) is 81.4 Å². The normalized spacial score (nSPS) is 10.5. The van der Waals surface area contributed by atoms with Gasteiger partial charge >= 0.3 is 0 Å². The van der Waals surface area contributed by atoms with Crippen molar-refractivity contribution < 1.29 is 9.32 Å². The average Bonchev–Trinajstić information content (AvgIpc) is 3.04. The zero-order chi connectivity index (χ0) is 16.2. The van der Waals surface area contributed by atoms with Crippen LogP contribution in [0.3, 0.4) is 0 Å². The van der Waals surface area contributed by atoms with Gasteiger partial charge in [0.15, 0.2) is 5.82 Å². The monoisotopic (exact) mass is 329 g/mol. The lowest BCUT2D eigenvalue weighted by Crippen LogP contribution is -2.29. The summed E-state index contributed by atoms with van der Waals surface area (Å²) in [6.07, 6.45) is 2.94. The maximum absolute atomic E-state index is 12.5. The van der Waals surface area contributed by atoms with E-state index in [9.17, 15) is 9.59 Å². The Bertz CT molecular complexity index is 888. The molecule has 0 saturated heterocycles. The first-order chi connectivity index (χ1) is 11.1. The standard InChI is InChI=1S/C16H12ClN3O3/c17-13-6-2-1-4-11(13)10-20-8-3-5-12(16(20)22)15(21)18-14-7-9-23-19-14/h1-9H,10H2,(H,18,19,21). The van der Waals surface area contributed by atoms with Crippen molar-refractivity contribution in [3.8, 4) is 0 Å². The van der Waals surface area contributed by atoms with Crippen LogP contribution in [0.1, 0.15) is 15.9 Å². The van der Waals surface area contributed by atoms with Gasteiger partial charge in [-0.15, -0.1) is 0 Å². The lowest BCUT2D eigenvalue weighted by Gasteiger charge is -2.09. The number of rotatable bonds is 4. The quantitative estimate of drug-likeness (QED) is 0.798. The number of benzene rings is 1. The van der Waals surface area contributed by atoms with Crippen molar-refractivity contribution in [2.45, 2.75) is 6.54 Å². The molecule has 0 aliphatic heterocycles. The van der Waals surface area contributed by atoms with Gasteiger partial charge in [0.2, 0.25) is 0 Å². The molecule has 1 aromatic carbocycles. The number of hydrogen-bond acceptors (Lipinski definition) is 4. The number of halogens is 1. The first-order valence-electron chi connectivity index (χ1n) is 6.80. The van der Waals surface area contributed by atoms with E-state index in [4.69, 9.17) is 11.6 Å². The fraction of sp³-hybridized carbons (Fsp3) is 0.0625. The second kappa shape index (κ2) is 6.50. The second-order valence-electron chi connectivity index (χ2n) is 4.79. The van der Waals surface area contributed by atoms with Crippen LogP contribution in [0.2, 0.25) is 5.02 Å². The molecule has 0 unspecified atom stereocenters. The predicted molar refractivity (Wildman–Crippen MR) is 85.7 cm³/mol. The van der Waals surface area contributed by atoms with Crippen LogP contribution in [0.25, 0.3) is 0 Å². The van der Waals surface area contributed by atoms with Crippen LogP contribution >= 0.6 is 11.6 Å². The Morgan fingerprint density at radius 1 is 1.22 bits per heavy atom. The van der Waals surface area contributed by atoms with Gasteiger partial charge in [0, 0.05) is 17.3 Å². The van der Waals surface area contributed by atoms with E-state index in [1.807, 2.05) is 18.2 Å². The largest absolute Gasteiger partial charge is 0.363 e. The van der Waals surface area contributed by atoms with E-state index in [0.717, 1.165) is 5.56 Å². The highest BCUT2D eigenvalue weighted by molar-refractivity contribution is 6.31. The number of pyridine rings is 1. The van der Waals surface area contributed by atoms with Crippen LogP contribution in [0, 0.1) is 0 Å². The molecule has 0 radical (unpaired) electrons. The molecule has 116 valence electrons. The van der Waals surface area contributed by atoms with Crippen LogP contribution in [-0.2, 0) is 6.54 Å². The molecular formula is C16H12ClN3O3. The van der Waals surface area contributed by atoms with Crippen molar-refractivity contribution >= 4 is 23.3 Å². The molecule has 3 rings (SSSR count). The smallest absolute Gasteiger partial charge is 0.263 e. The van der Waals surface area contributed by atoms with Crippen LogP contribution in [-0.4, -0.2) is 15.6 Å². The number of anilines is 1. The zero-order valence-corrected chi connectivity index (χ0v) is 12.7. The van der Waals surface area contributed by atoms with Crippen LogP contribution < -0.4 is 10.9 Å². The van der Waals surface area contributed by atoms with E-state index in [2.05, 4.69) is 15.0 Å². The fourth-order valence-corrected chi connectivity index (χ4v) is 2.30. The molecule has 0 atom stereocenters. The molecule has 0 aliphatic rings. The van der Waals surface area contributed by atoms with Crippen molar-refractivity contribution in [1.82, 2.24) is 9.72 Å². The van der Waals surface area contributed by atoms with E-state index in [1.165, 1.54) is 23.0 Å². The van der Waals surface area contributed by atoms with Crippen molar-refractivity contribution in [2.75, 3.05) is 5.32 Å². The van der Waals surface area contributed by atoms with Gasteiger partial charge < -0.3 is 14.4 Å². The maximum Gasteiger partial charge on any atom is 0.263 e. The molecule has 0 saturated carbocycles. The van der Waals surface area contributed by atoms with Crippen LogP contribution in [0.15, 0.2) is 64.2 Å². The molecule has 2 heterocycles. The molecule has 0 aliphatic carbocycles. The third-order valence-electron chi connectivity index (χ3n) is 3.24.